The molecule has 0 amide bonds. The molecule has 0 aliphatic rings. The van der Waals surface area contributed by atoms with Crippen molar-refractivity contribution in [3.8, 4) is 5.75 Å². The SMILES string of the molecule is COc1ccc(CN(C)CC[C@](C)(N[S@@](=O)C(C)(C)C)c2c(F)ccc([N+](=O)[O-])c2F)cc1. The van der Waals surface area contributed by atoms with E-state index in [1.807, 2.05) is 36.2 Å². The van der Waals surface area contributed by atoms with Gasteiger partial charge in [-0.1, -0.05) is 12.1 Å². The van der Waals surface area contributed by atoms with E-state index in [-0.39, 0.29) is 6.42 Å². The van der Waals surface area contributed by atoms with E-state index in [0.29, 0.717) is 13.1 Å². The molecule has 2 aromatic rings. The van der Waals surface area contributed by atoms with Crippen molar-refractivity contribution in [1.29, 1.82) is 0 Å². The number of methoxy groups -OCH3 is 1. The van der Waals surface area contributed by atoms with Crippen LogP contribution < -0.4 is 9.46 Å². The Morgan fingerprint density at radius 3 is 2.24 bits per heavy atom. The lowest BCUT2D eigenvalue weighted by molar-refractivity contribution is -0.387. The van der Waals surface area contributed by atoms with Crippen molar-refractivity contribution in [3.05, 3.63) is 69.3 Å². The fourth-order valence-electron chi connectivity index (χ4n) is 3.31. The van der Waals surface area contributed by atoms with Gasteiger partial charge in [-0.15, -0.1) is 0 Å². The van der Waals surface area contributed by atoms with Gasteiger partial charge in [-0.3, -0.25) is 10.1 Å². The topological polar surface area (TPSA) is 84.7 Å². The predicted octanol–water partition coefficient (Wildman–Crippen LogP) is 4.67. The fourth-order valence-corrected chi connectivity index (χ4v) is 4.23. The molecule has 0 spiro atoms. The standard InChI is InChI=1S/C23H31F2N3O4S/c1-22(2,3)33(31)26-23(4,20-18(24)11-12-19(21(20)25)28(29)30)13-14-27(5)15-16-7-9-17(32-6)10-8-16/h7-12,26H,13-15H2,1-6H3/t23-,33-/m0/s1. The molecule has 0 unspecified atom stereocenters. The Morgan fingerprint density at radius 2 is 1.73 bits per heavy atom. The van der Waals surface area contributed by atoms with E-state index < -0.39 is 49.1 Å². The molecule has 2 atom stereocenters. The summed E-state index contributed by atoms with van der Waals surface area (Å²) >= 11 is 0. The van der Waals surface area contributed by atoms with Crippen LogP contribution in [0.4, 0.5) is 14.5 Å². The Morgan fingerprint density at radius 1 is 1.12 bits per heavy atom. The molecule has 33 heavy (non-hydrogen) atoms. The quantitative estimate of drug-likeness (QED) is 0.392. The van der Waals surface area contributed by atoms with Gasteiger partial charge in [0, 0.05) is 19.2 Å². The first-order chi connectivity index (χ1) is 15.3. The Labute approximate surface area is 195 Å². The molecule has 0 bridgehead atoms. The van der Waals surface area contributed by atoms with Crippen LogP contribution in [0.3, 0.4) is 0 Å². The molecule has 2 aromatic carbocycles. The summed E-state index contributed by atoms with van der Waals surface area (Å²) < 4.78 is 50.2. The molecule has 182 valence electrons. The Kier molecular flexibility index (Phi) is 8.67. The van der Waals surface area contributed by atoms with Crippen molar-refractivity contribution in [2.24, 2.45) is 0 Å². The van der Waals surface area contributed by atoms with Gasteiger partial charge in [0.2, 0.25) is 5.82 Å². The zero-order valence-corrected chi connectivity index (χ0v) is 20.6. The maximum atomic E-state index is 15.1. The van der Waals surface area contributed by atoms with Gasteiger partial charge in [0.25, 0.3) is 0 Å². The molecular formula is C23H31F2N3O4S. The van der Waals surface area contributed by atoms with Crippen molar-refractivity contribution < 1.29 is 22.6 Å². The first-order valence-electron chi connectivity index (χ1n) is 10.4. The molecule has 0 heterocycles. The number of hydrogen-bond donors (Lipinski definition) is 1. The summed E-state index contributed by atoms with van der Waals surface area (Å²) in [5.41, 5.74) is -1.77. The minimum atomic E-state index is -1.68. The monoisotopic (exact) mass is 483 g/mol. The van der Waals surface area contributed by atoms with E-state index in [1.165, 1.54) is 6.92 Å². The van der Waals surface area contributed by atoms with Crippen LogP contribution in [0.2, 0.25) is 0 Å². The second kappa shape index (κ2) is 10.7. The molecule has 1 N–H and O–H groups in total. The summed E-state index contributed by atoms with van der Waals surface area (Å²) in [6.07, 6.45) is 0.149. The fraction of sp³-hybridized carbons (Fsp3) is 0.478. The first kappa shape index (κ1) is 26.8. The summed E-state index contributed by atoms with van der Waals surface area (Å²) in [7, 11) is 1.76. The van der Waals surface area contributed by atoms with Crippen LogP contribution in [0.5, 0.6) is 5.75 Å². The van der Waals surface area contributed by atoms with Crippen molar-refractivity contribution in [3.63, 3.8) is 0 Å². The summed E-state index contributed by atoms with van der Waals surface area (Å²) in [5, 5.41) is 11.3. The van der Waals surface area contributed by atoms with E-state index in [1.54, 1.807) is 27.9 Å². The number of nitrogens with zero attached hydrogens (tertiary/aromatic N) is 2. The lowest BCUT2D eigenvalue weighted by Gasteiger charge is -2.35. The van der Waals surface area contributed by atoms with Crippen LogP contribution in [-0.2, 0) is 23.1 Å². The average molecular weight is 484 g/mol. The highest BCUT2D eigenvalue weighted by Gasteiger charge is 2.39. The smallest absolute Gasteiger partial charge is 0.305 e. The molecule has 7 nitrogen and oxygen atoms in total. The predicted molar refractivity (Wildman–Crippen MR) is 125 cm³/mol. The van der Waals surface area contributed by atoms with Crippen molar-refractivity contribution in [2.75, 3.05) is 20.7 Å². The van der Waals surface area contributed by atoms with Gasteiger partial charge in [0.05, 0.1) is 38.9 Å². The second-order valence-corrected chi connectivity index (χ2v) is 11.1. The first-order valence-corrected chi connectivity index (χ1v) is 11.6. The van der Waals surface area contributed by atoms with Gasteiger partial charge in [-0.2, -0.15) is 4.39 Å². The highest BCUT2D eigenvalue weighted by Crippen LogP contribution is 2.35. The van der Waals surface area contributed by atoms with Gasteiger partial charge < -0.3 is 9.64 Å². The zero-order chi connectivity index (χ0) is 25.0. The Hall–Kier alpha value is -2.43. The minimum Gasteiger partial charge on any atom is -0.497 e. The second-order valence-electron chi connectivity index (χ2n) is 9.16. The molecular weight excluding hydrogens is 452 g/mol. The van der Waals surface area contributed by atoms with Crippen LogP contribution in [0.15, 0.2) is 36.4 Å². The Bertz CT molecular complexity index is 1010. The van der Waals surface area contributed by atoms with Crippen molar-refractivity contribution in [1.82, 2.24) is 9.62 Å². The van der Waals surface area contributed by atoms with Gasteiger partial charge >= 0.3 is 5.69 Å². The molecule has 2 rings (SSSR count). The largest absolute Gasteiger partial charge is 0.497 e. The Balaban J connectivity index is 2.35. The molecule has 0 saturated carbocycles. The van der Waals surface area contributed by atoms with Gasteiger partial charge in [0.15, 0.2) is 0 Å². The summed E-state index contributed by atoms with van der Waals surface area (Å²) in [5.74, 6) is -1.46. The number of hydrogen-bond acceptors (Lipinski definition) is 5. The third-order valence-electron chi connectivity index (χ3n) is 5.30. The van der Waals surface area contributed by atoms with Crippen LogP contribution in [0.25, 0.3) is 0 Å². The molecule has 0 aromatic heterocycles. The van der Waals surface area contributed by atoms with Gasteiger partial charge in [-0.25, -0.2) is 13.3 Å². The summed E-state index contributed by atoms with van der Waals surface area (Å²) in [6, 6.07) is 9.19. The number of nitrogens with one attached hydrogen (secondary N) is 1. The van der Waals surface area contributed by atoms with E-state index in [0.717, 1.165) is 23.4 Å². The minimum absolute atomic E-state index is 0.149. The molecule has 0 fully saturated rings. The van der Waals surface area contributed by atoms with Crippen LogP contribution >= 0.6 is 0 Å². The normalized spacial score (nSPS) is 14.7. The number of benzene rings is 2. The molecule has 0 aliphatic heterocycles. The van der Waals surface area contributed by atoms with Gasteiger partial charge in [-0.05, 0) is 64.9 Å². The molecule has 10 heteroatoms. The maximum Gasteiger partial charge on any atom is 0.305 e. The molecule has 0 saturated heterocycles. The molecule has 0 aliphatic carbocycles. The maximum absolute atomic E-state index is 15.1. The van der Waals surface area contributed by atoms with E-state index in [9.17, 15) is 18.7 Å². The zero-order valence-electron chi connectivity index (χ0n) is 19.8. The van der Waals surface area contributed by atoms with E-state index >= 15 is 4.39 Å². The summed E-state index contributed by atoms with van der Waals surface area (Å²) in [6.45, 7) is 7.63. The third kappa shape index (κ3) is 6.78. The highest BCUT2D eigenvalue weighted by molar-refractivity contribution is 7.84. The average Bonchev–Trinajstić information content (AvgIpc) is 2.72. The lowest BCUT2D eigenvalue weighted by Crippen LogP contribution is -2.48. The van der Waals surface area contributed by atoms with Crippen molar-refractivity contribution in [2.45, 2.75) is 50.9 Å². The van der Waals surface area contributed by atoms with Crippen LogP contribution in [0, 0.1) is 21.7 Å². The number of ether oxygens (including phenoxy) is 1. The third-order valence-corrected chi connectivity index (χ3v) is 7.05. The number of rotatable bonds is 10. The summed E-state index contributed by atoms with van der Waals surface area (Å²) in [4.78, 5) is 12.3. The van der Waals surface area contributed by atoms with E-state index in [4.69, 9.17) is 4.74 Å². The number of nitro groups is 1. The van der Waals surface area contributed by atoms with E-state index in [2.05, 4.69) is 4.72 Å². The lowest BCUT2D eigenvalue weighted by atomic mass is 9.88. The number of nitro benzene ring substituents is 1. The van der Waals surface area contributed by atoms with Crippen LogP contribution in [-0.4, -0.2) is 39.5 Å². The van der Waals surface area contributed by atoms with Crippen molar-refractivity contribution >= 4 is 16.7 Å². The molecule has 0 radical (unpaired) electrons. The van der Waals surface area contributed by atoms with Gasteiger partial charge in [0.1, 0.15) is 11.6 Å². The highest BCUT2D eigenvalue weighted by atomic mass is 32.2. The van der Waals surface area contributed by atoms with Crippen LogP contribution in [0.1, 0.15) is 45.2 Å². The number of halogens is 2.